The van der Waals surface area contributed by atoms with E-state index in [9.17, 15) is 0 Å². The normalized spacial score (nSPS) is 11.1. The number of aromatic amines is 2. The van der Waals surface area contributed by atoms with E-state index in [-0.39, 0.29) is 0 Å². The van der Waals surface area contributed by atoms with Gasteiger partial charge in [-0.1, -0.05) is 55.5 Å². The van der Waals surface area contributed by atoms with Crippen LogP contribution in [-0.4, -0.2) is 20.4 Å². The lowest BCUT2D eigenvalue weighted by molar-refractivity contribution is 1.09. The Balaban J connectivity index is 1.54. The van der Waals surface area contributed by atoms with Crippen LogP contribution in [0, 0.1) is 13.8 Å². The fraction of sp³-hybridized carbons (Fsp3) is 0.143. The van der Waals surface area contributed by atoms with Crippen molar-refractivity contribution in [2.75, 3.05) is 0 Å². The van der Waals surface area contributed by atoms with Crippen molar-refractivity contribution < 1.29 is 0 Å². The van der Waals surface area contributed by atoms with Gasteiger partial charge in [-0.3, -0.25) is 10.2 Å². The van der Waals surface area contributed by atoms with Gasteiger partial charge in [-0.15, -0.1) is 0 Å². The first-order chi connectivity index (χ1) is 15.6. The molecule has 0 aliphatic heterocycles. The highest BCUT2D eigenvalue weighted by Gasteiger charge is 2.13. The van der Waals surface area contributed by atoms with E-state index in [1.807, 2.05) is 0 Å². The predicted molar refractivity (Wildman–Crippen MR) is 131 cm³/mol. The van der Waals surface area contributed by atoms with Crippen LogP contribution < -0.4 is 0 Å². The van der Waals surface area contributed by atoms with Crippen LogP contribution >= 0.6 is 0 Å². The SMILES string of the molecule is CCc1cc(-c2cc(-c3ccccc3C)[nH]n2)cc(-c2cc(-c3ccccc3C)[nH]n2)c1. The number of aryl methyl sites for hydroxylation is 3. The summed E-state index contributed by atoms with van der Waals surface area (Å²) in [6.07, 6.45) is 0.949. The van der Waals surface area contributed by atoms with Gasteiger partial charge in [0, 0.05) is 22.3 Å². The molecule has 0 bridgehead atoms. The Bertz CT molecular complexity index is 1290. The number of nitrogens with one attached hydrogen (secondary N) is 2. The number of nitrogens with zero attached hydrogens (tertiary/aromatic N) is 2. The second-order valence-corrected chi connectivity index (χ2v) is 8.24. The lowest BCUT2D eigenvalue weighted by Gasteiger charge is -2.06. The van der Waals surface area contributed by atoms with E-state index in [0.29, 0.717) is 0 Å². The Morgan fingerprint density at radius 1 is 0.625 bits per heavy atom. The zero-order valence-corrected chi connectivity index (χ0v) is 18.6. The van der Waals surface area contributed by atoms with Crippen molar-refractivity contribution in [3.8, 4) is 45.0 Å². The monoisotopic (exact) mass is 418 g/mol. The summed E-state index contributed by atoms with van der Waals surface area (Å²) >= 11 is 0. The van der Waals surface area contributed by atoms with Crippen molar-refractivity contribution >= 4 is 0 Å². The molecule has 5 rings (SSSR count). The zero-order chi connectivity index (χ0) is 22.1. The average Bonchev–Trinajstić information content (AvgIpc) is 3.50. The predicted octanol–water partition coefficient (Wildman–Crippen LogP) is 6.98. The van der Waals surface area contributed by atoms with Crippen LogP contribution in [0.3, 0.4) is 0 Å². The smallest absolute Gasteiger partial charge is 0.0927 e. The highest BCUT2D eigenvalue weighted by molar-refractivity contribution is 5.76. The molecule has 0 unspecified atom stereocenters. The lowest BCUT2D eigenvalue weighted by Crippen LogP contribution is -1.88. The number of aromatic nitrogens is 4. The molecule has 0 aliphatic carbocycles. The summed E-state index contributed by atoms with van der Waals surface area (Å²) in [6, 6.07) is 27.6. The van der Waals surface area contributed by atoms with Gasteiger partial charge in [-0.05, 0) is 67.3 Å². The molecular weight excluding hydrogens is 392 g/mol. The topological polar surface area (TPSA) is 57.4 Å². The molecule has 0 saturated heterocycles. The maximum Gasteiger partial charge on any atom is 0.0927 e. The van der Waals surface area contributed by atoms with Crippen LogP contribution in [-0.2, 0) is 6.42 Å². The van der Waals surface area contributed by atoms with Crippen LogP contribution in [0.15, 0.2) is 78.9 Å². The highest BCUT2D eigenvalue weighted by atomic mass is 15.1. The number of hydrogen-bond acceptors (Lipinski definition) is 2. The van der Waals surface area contributed by atoms with Gasteiger partial charge < -0.3 is 0 Å². The standard InChI is InChI=1S/C28H26N4/c1-4-20-13-21(25-16-27(31-29-25)23-11-7-5-9-18(23)2)15-22(14-20)26-17-28(32-30-26)24-12-8-6-10-19(24)3/h5-17H,4H2,1-3H3,(H,29,31)(H,30,32). The molecule has 0 spiro atoms. The minimum absolute atomic E-state index is 0.939. The Morgan fingerprint density at radius 2 is 1.09 bits per heavy atom. The molecule has 0 radical (unpaired) electrons. The van der Waals surface area contributed by atoms with Gasteiger partial charge in [-0.25, -0.2) is 0 Å². The van der Waals surface area contributed by atoms with Crippen molar-refractivity contribution in [3.05, 3.63) is 95.6 Å². The van der Waals surface area contributed by atoms with Gasteiger partial charge >= 0.3 is 0 Å². The van der Waals surface area contributed by atoms with Crippen LogP contribution in [0.1, 0.15) is 23.6 Å². The molecular formula is C28H26N4. The Morgan fingerprint density at radius 3 is 1.53 bits per heavy atom. The maximum absolute atomic E-state index is 4.63. The molecule has 0 amide bonds. The zero-order valence-electron chi connectivity index (χ0n) is 18.6. The Kier molecular flexibility index (Phi) is 5.20. The van der Waals surface area contributed by atoms with Gasteiger partial charge in [0.2, 0.25) is 0 Å². The van der Waals surface area contributed by atoms with Crippen molar-refractivity contribution in [2.24, 2.45) is 0 Å². The lowest BCUT2D eigenvalue weighted by atomic mass is 9.98. The van der Waals surface area contributed by atoms with Crippen molar-refractivity contribution in [2.45, 2.75) is 27.2 Å². The van der Waals surface area contributed by atoms with Crippen LogP contribution in [0.5, 0.6) is 0 Å². The van der Waals surface area contributed by atoms with Crippen molar-refractivity contribution in [1.82, 2.24) is 20.4 Å². The Labute approximate surface area is 188 Å². The van der Waals surface area contributed by atoms with Crippen LogP contribution in [0.25, 0.3) is 45.0 Å². The summed E-state index contributed by atoms with van der Waals surface area (Å²) in [7, 11) is 0. The second-order valence-electron chi connectivity index (χ2n) is 8.24. The van der Waals surface area contributed by atoms with E-state index in [4.69, 9.17) is 0 Å². The molecule has 4 heteroatoms. The molecule has 0 atom stereocenters. The fourth-order valence-corrected chi connectivity index (χ4v) is 4.16. The van der Waals surface area contributed by atoms with Crippen LogP contribution in [0.2, 0.25) is 0 Å². The van der Waals surface area contributed by atoms with Gasteiger partial charge in [-0.2, -0.15) is 10.2 Å². The first kappa shape index (κ1) is 20.0. The Hall–Kier alpha value is -3.92. The van der Waals surface area contributed by atoms with E-state index >= 15 is 0 Å². The van der Waals surface area contributed by atoms with E-state index in [1.165, 1.54) is 27.8 Å². The summed E-state index contributed by atoms with van der Waals surface area (Å²) < 4.78 is 0. The first-order valence-corrected chi connectivity index (χ1v) is 11.0. The minimum atomic E-state index is 0.939. The molecule has 2 heterocycles. The molecule has 0 fully saturated rings. The highest BCUT2D eigenvalue weighted by Crippen LogP contribution is 2.32. The number of hydrogen-bond donors (Lipinski definition) is 2. The third-order valence-corrected chi connectivity index (χ3v) is 6.02. The number of H-pyrrole nitrogens is 2. The molecule has 3 aromatic carbocycles. The number of rotatable bonds is 5. The van der Waals surface area contributed by atoms with Crippen molar-refractivity contribution in [1.29, 1.82) is 0 Å². The van der Waals surface area contributed by atoms with E-state index < -0.39 is 0 Å². The van der Waals surface area contributed by atoms with E-state index in [0.717, 1.165) is 40.3 Å². The summed E-state index contributed by atoms with van der Waals surface area (Å²) in [5.74, 6) is 0. The molecule has 5 aromatic rings. The molecule has 2 aromatic heterocycles. The molecule has 32 heavy (non-hydrogen) atoms. The molecule has 158 valence electrons. The fourth-order valence-electron chi connectivity index (χ4n) is 4.16. The van der Waals surface area contributed by atoms with Gasteiger partial charge in [0.1, 0.15) is 0 Å². The molecule has 0 saturated carbocycles. The second kappa shape index (κ2) is 8.31. The van der Waals surface area contributed by atoms with Gasteiger partial charge in [0.25, 0.3) is 0 Å². The molecule has 2 N–H and O–H groups in total. The third kappa shape index (κ3) is 3.76. The van der Waals surface area contributed by atoms with E-state index in [2.05, 4.69) is 120 Å². The van der Waals surface area contributed by atoms with Crippen LogP contribution in [0.4, 0.5) is 0 Å². The largest absolute Gasteiger partial charge is 0.277 e. The summed E-state index contributed by atoms with van der Waals surface area (Å²) in [5.41, 5.74) is 12.2. The van der Waals surface area contributed by atoms with E-state index in [1.54, 1.807) is 0 Å². The summed E-state index contributed by atoms with van der Waals surface area (Å²) in [6.45, 7) is 6.42. The average molecular weight is 419 g/mol. The quantitative estimate of drug-likeness (QED) is 0.323. The summed E-state index contributed by atoms with van der Waals surface area (Å²) in [4.78, 5) is 0. The first-order valence-electron chi connectivity index (χ1n) is 11.0. The molecule has 0 aliphatic rings. The minimum Gasteiger partial charge on any atom is -0.277 e. The summed E-state index contributed by atoms with van der Waals surface area (Å²) in [5, 5.41) is 15.7. The van der Waals surface area contributed by atoms with Gasteiger partial charge in [0.15, 0.2) is 0 Å². The third-order valence-electron chi connectivity index (χ3n) is 6.02. The van der Waals surface area contributed by atoms with Gasteiger partial charge in [0.05, 0.1) is 22.8 Å². The maximum atomic E-state index is 4.63. The number of benzene rings is 3. The van der Waals surface area contributed by atoms with Crippen molar-refractivity contribution in [3.63, 3.8) is 0 Å². The molecule has 4 nitrogen and oxygen atoms in total.